The number of carbonyl (C=O) groups is 2. The molecule has 1 saturated heterocycles. The number of amides is 3. The summed E-state index contributed by atoms with van der Waals surface area (Å²) in [7, 11) is 0. The molecule has 2 rings (SSSR count). The molecular formula is C17H27ClN6O2S. The molecule has 0 bridgehead atoms. The molecule has 150 valence electrons. The van der Waals surface area contributed by atoms with Crippen LogP contribution in [0.5, 0.6) is 0 Å². The van der Waals surface area contributed by atoms with E-state index >= 15 is 0 Å². The van der Waals surface area contributed by atoms with Gasteiger partial charge in [-0.1, -0.05) is 23.4 Å². The van der Waals surface area contributed by atoms with Gasteiger partial charge in [0.05, 0.1) is 5.75 Å². The number of urea groups is 1. The van der Waals surface area contributed by atoms with Crippen LogP contribution in [0.3, 0.4) is 0 Å². The number of hydrogen-bond acceptors (Lipinski definition) is 6. The van der Waals surface area contributed by atoms with Crippen LogP contribution in [0.15, 0.2) is 11.2 Å². The molecule has 1 aromatic rings. The Bertz CT molecular complexity index is 675. The van der Waals surface area contributed by atoms with Crippen LogP contribution >= 0.6 is 23.4 Å². The average Bonchev–Trinajstić information content (AvgIpc) is 2.59. The number of carbonyl (C=O) groups excluding carboxylic acids is 2. The molecule has 2 heterocycles. The summed E-state index contributed by atoms with van der Waals surface area (Å²) in [5.74, 6) is 0.882. The van der Waals surface area contributed by atoms with Gasteiger partial charge in [-0.2, -0.15) is 0 Å². The normalized spacial score (nSPS) is 17.2. The first kappa shape index (κ1) is 21.6. The van der Waals surface area contributed by atoms with E-state index in [0.29, 0.717) is 42.3 Å². The molecule has 0 radical (unpaired) electrons. The van der Waals surface area contributed by atoms with Crippen molar-refractivity contribution < 1.29 is 9.59 Å². The second kappa shape index (κ2) is 9.98. The zero-order valence-electron chi connectivity index (χ0n) is 16.2. The number of halogens is 1. The van der Waals surface area contributed by atoms with Gasteiger partial charge in [0, 0.05) is 44.3 Å². The van der Waals surface area contributed by atoms with Crippen molar-refractivity contribution in [2.45, 2.75) is 44.9 Å². The van der Waals surface area contributed by atoms with E-state index in [9.17, 15) is 9.59 Å². The lowest BCUT2D eigenvalue weighted by Crippen LogP contribution is -2.56. The number of hydrogen-bond donors (Lipinski definition) is 2. The van der Waals surface area contributed by atoms with Crippen LogP contribution < -0.4 is 15.5 Å². The van der Waals surface area contributed by atoms with Crippen molar-refractivity contribution in [3.8, 4) is 0 Å². The van der Waals surface area contributed by atoms with E-state index in [1.165, 1.54) is 11.8 Å². The van der Waals surface area contributed by atoms with Crippen molar-refractivity contribution in [2.75, 3.05) is 36.8 Å². The highest BCUT2D eigenvalue weighted by atomic mass is 35.5. The summed E-state index contributed by atoms with van der Waals surface area (Å²) in [6, 6.07) is 1.82. The van der Waals surface area contributed by atoms with Gasteiger partial charge in [-0.25, -0.2) is 14.8 Å². The van der Waals surface area contributed by atoms with E-state index < -0.39 is 0 Å². The Hall–Kier alpha value is -1.74. The SMILES string of the molecule is CCNC(=O)N1CCN(c2cc(Cl)nc(SCC(=O)NC(C)C)n2)C[C@H]1C. The summed E-state index contributed by atoms with van der Waals surface area (Å²) in [4.78, 5) is 36.6. The van der Waals surface area contributed by atoms with E-state index in [-0.39, 0.29) is 29.8 Å². The fraction of sp³-hybridized carbons (Fsp3) is 0.647. The van der Waals surface area contributed by atoms with E-state index in [1.807, 2.05) is 32.6 Å². The average molecular weight is 415 g/mol. The Morgan fingerprint density at radius 2 is 2.11 bits per heavy atom. The molecule has 10 heteroatoms. The first-order valence-corrected chi connectivity index (χ1v) is 10.4. The largest absolute Gasteiger partial charge is 0.353 e. The maximum atomic E-state index is 12.1. The van der Waals surface area contributed by atoms with Crippen molar-refractivity contribution in [3.05, 3.63) is 11.2 Å². The van der Waals surface area contributed by atoms with E-state index in [1.54, 1.807) is 6.07 Å². The maximum Gasteiger partial charge on any atom is 0.317 e. The topological polar surface area (TPSA) is 90.5 Å². The Morgan fingerprint density at radius 3 is 2.74 bits per heavy atom. The standard InChI is InChI=1S/C17H27ClN6O2S/c1-5-19-17(26)24-7-6-23(9-12(24)4)14-8-13(18)21-16(22-14)27-10-15(25)20-11(2)3/h8,11-12H,5-7,9-10H2,1-4H3,(H,19,26)(H,20,25)/t12-/m1/s1. The van der Waals surface area contributed by atoms with Crippen molar-refractivity contribution in [2.24, 2.45) is 0 Å². The molecule has 1 atom stereocenters. The number of nitrogens with one attached hydrogen (secondary N) is 2. The molecule has 0 unspecified atom stereocenters. The number of nitrogens with zero attached hydrogens (tertiary/aromatic N) is 4. The summed E-state index contributed by atoms with van der Waals surface area (Å²) in [5.41, 5.74) is 0. The van der Waals surface area contributed by atoms with Crippen LogP contribution in [0.4, 0.5) is 10.6 Å². The van der Waals surface area contributed by atoms with E-state index in [2.05, 4.69) is 25.5 Å². The van der Waals surface area contributed by atoms with E-state index in [4.69, 9.17) is 11.6 Å². The van der Waals surface area contributed by atoms with Crippen LogP contribution in [0.25, 0.3) is 0 Å². The maximum absolute atomic E-state index is 12.1. The Labute approximate surface area is 169 Å². The predicted molar refractivity (Wildman–Crippen MR) is 108 cm³/mol. The zero-order chi connectivity index (χ0) is 20.0. The molecule has 0 aromatic carbocycles. The lowest BCUT2D eigenvalue weighted by atomic mass is 10.2. The lowest BCUT2D eigenvalue weighted by Gasteiger charge is -2.40. The molecule has 1 aromatic heterocycles. The molecule has 3 amide bonds. The molecule has 8 nitrogen and oxygen atoms in total. The van der Waals surface area contributed by atoms with Gasteiger partial charge in [-0.15, -0.1) is 0 Å². The number of thioether (sulfide) groups is 1. The summed E-state index contributed by atoms with van der Waals surface area (Å²) in [6.45, 7) is 10.3. The quantitative estimate of drug-likeness (QED) is 0.420. The molecule has 2 N–H and O–H groups in total. The molecule has 1 fully saturated rings. The molecular weight excluding hydrogens is 388 g/mol. The van der Waals surface area contributed by atoms with Crippen LogP contribution in [0.1, 0.15) is 27.7 Å². The van der Waals surface area contributed by atoms with Crippen molar-refractivity contribution >= 4 is 41.1 Å². The highest BCUT2D eigenvalue weighted by Crippen LogP contribution is 2.24. The second-order valence-corrected chi connectivity index (χ2v) is 8.00. The predicted octanol–water partition coefficient (Wildman–Crippen LogP) is 1.99. The molecule has 1 aliphatic rings. The van der Waals surface area contributed by atoms with Crippen LogP contribution in [0, 0.1) is 0 Å². The summed E-state index contributed by atoms with van der Waals surface area (Å²) in [5, 5.41) is 6.48. The summed E-state index contributed by atoms with van der Waals surface area (Å²) < 4.78 is 0. The third-order valence-corrected chi connectivity index (χ3v) is 5.02. The van der Waals surface area contributed by atoms with Crippen LogP contribution in [-0.2, 0) is 4.79 Å². The van der Waals surface area contributed by atoms with Gasteiger partial charge >= 0.3 is 6.03 Å². The second-order valence-electron chi connectivity index (χ2n) is 6.67. The number of rotatable bonds is 6. The molecule has 0 aliphatic carbocycles. The first-order chi connectivity index (χ1) is 12.8. The Morgan fingerprint density at radius 1 is 1.37 bits per heavy atom. The fourth-order valence-electron chi connectivity index (χ4n) is 2.83. The van der Waals surface area contributed by atoms with Crippen LogP contribution in [0.2, 0.25) is 5.15 Å². The monoisotopic (exact) mass is 414 g/mol. The first-order valence-electron chi connectivity index (χ1n) is 9.06. The summed E-state index contributed by atoms with van der Waals surface area (Å²) in [6.07, 6.45) is 0. The Balaban J connectivity index is 2.01. The molecule has 1 aliphatic heterocycles. The highest BCUT2D eigenvalue weighted by molar-refractivity contribution is 7.99. The van der Waals surface area contributed by atoms with Gasteiger partial charge in [0.25, 0.3) is 0 Å². The fourth-order valence-corrected chi connectivity index (χ4v) is 3.72. The molecule has 0 saturated carbocycles. The van der Waals surface area contributed by atoms with Gasteiger partial charge in [0.1, 0.15) is 11.0 Å². The molecule has 0 spiro atoms. The number of piperazine rings is 1. The highest BCUT2D eigenvalue weighted by Gasteiger charge is 2.28. The van der Waals surface area contributed by atoms with Gasteiger partial charge in [-0.3, -0.25) is 4.79 Å². The lowest BCUT2D eigenvalue weighted by molar-refractivity contribution is -0.119. The number of aromatic nitrogens is 2. The van der Waals surface area contributed by atoms with Gasteiger partial charge < -0.3 is 20.4 Å². The smallest absolute Gasteiger partial charge is 0.317 e. The van der Waals surface area contributed by atoms with Crippen molar-refractivity contribution in [3.63, 3.8) is 0 Å². The van der Waals surface area contributed by atoms with Gasteiger partial charge in [0.2, 0.25) is 5.91 Å². The third-order valence-electron chi connectivity index (χ3n) is 3.98. The minimum absolute atomic E-state index is 0.0437. The summed E-state index contributed by atoms with van der Waals surface area (Å²) >= 11 is 7.42. The van der Waals surface area contributed by atoms with E-state index in [0.717, 1.165) is 0 Å². The van der Waals surface area contributed by atoms with Gasteiger partial charge in [-0.05, 0) is 27.7 Å². The number of anilines is 1. The van der Waals surface area contributed by atoms with Crippen molar-refractivity contribution in [1.29, 1.82) is 0 Å². The minimum Gasteiger partial charge on any atom is -0.353 e. The zero-order valence-corrected chi connectivity index (χ0v) is 17.7. The van der Waals surface area contributed by atoms with Crippen LogP contribution in [-0.4, -0.2) is 70.8 Å². The third kappa shape index (κ3) is 6.42. The van der Waals surface area contributed by atoms with Crippen molar-refractivity contribution in [1.82, 2.24) is 25.5 Å². The minimum atomic E-state index is -0.0655. The van der Waals surface area contributed by atoms with Gasteiger partial charge in [0.15, 0.2) is 5.16 Å². The Kier molecular flexibility index (Phi) is 7.97. The molecule has 27 heavy (non-hydrogen) atoms.